The quantitative estimate of drug-likeness (QED) is 0.427. The summed E-state index contributed by atoms with van der Waals surface area (Å²) in [6.07, 6.45) is 1.12. The third-order valence-electron chi connectivity index (χ3n) is 4.48. The maximum Gasteiger partial charge on any atom is 0.261 e. The number of carbonyl (C=O) groups is 1. The minimum atomic E-state index is -3.88. The van der Waals surface area contributed by atoms with E-state index in [2.05, 4.69) is 15.0 Å². The normalized spacial score (nSPS) is 11.9. The van der Waals surface area contributed by atoms with Crippen molar-refractivity contribution < 1.29 is 21.6 Å². The van der Waals surface area contributed by atoms with E-state index in [4.69, 9.17) is 0 Å². The molecule has 0 radical (unpaired) electrons. The lowest BCUT2D eigenvalue weighted by molar-refractivity contribution is 0.102. The van der Waals surface area contributed by atoms with Crippen LogP contribution in [-0.4, -0.2) is 34.0 Å². The predicted octanol–water partition coefficient (Wildman–Crippen LogP) is 3.75. The molecule has 4 rings (SSSR count). The Hall–Kier alpha value is -3.28. The van der Waals surface area contributed by atoms with Crippen LogP contribution in [0.1, 0.15) is 10.4 Å². The minimum Gasteiger partial charge on any atom is -0.298 e. The number of nitrogens with zero attached hydrogens (tertiary/aromatic N) is 1. The van der Waals surface area contributed by atoms with Gasteiger partial charge in [0.1, 0.15) is 0 Å². The van der Waals surface area contributed by atoms with E-state index in [0.717, 1.165) is 17.6 Å². The molecule has 0 saturated heterocycles. The summed E-state index contributed by atoms with van der Waals surface area (Å²) in [6.45, 7) is 0. The van der Waals surface area contributed by atoms with Gasteiger partial charge in [-0.25, -0.2) is 21.8 Å². The van der Waals surface area contributed by atoms with Gasteiger partial charge in [-0.05, 0) is 42.5 Å². The number of carbonyl (C=O) groups excluding carboxylic acids is 1. The third kappa shape index (κ3) is 4.64. The number of benzene rings is 3. The maximum absolute atomic E-state index is 12.9. The van der Waals surface area contributed by atoms with E-state index in [0.29, 0.717) is 10.2 Å². The highest BCUT2D eigenvalue weighted by molar-refractivity contribution is 7.92. The van der Waals surface area contributed by atoms with Crippen molar-refractivity contribution in [2.45, 2.75) is 9.79 Å². The van der Waals surface area contributed by atoms with Crippen LogP contribution in [0.15, 0.2) is 82.6 Å². The molecule has 1 aromatic heterocycles. The molecule has 0 bridgehead atoms. The Balaban J connectivity index is 1.61. The largest absolute Gasteiger partial charge is 0.298 e. The lowest BCUT2D eigenvalue weighted by Gasteiger charge is -2.12. The number of rotatable bonds is 6. The van der Waals surface area contributed by atoms with Gasteiger partial charge in [-0.2, -0.15) is 0 Å². The predicted molar refractivity (Wildman–Crippen MR) is 124 cm³/mol. The molecule has 11 heteroatoms. The zero-order chi connectivity index (χ0) is 22.9. The van der Waals surface area contributed by atoms with Crippen LogP contribution in [0.4, 0.5) is 10.8 Å². The first-order valence-corrected chi connectivity index (χ1v) is 13.4. The first-order chi connectivity index (χ1) is 15.1. The van der Waals surface area contributed by atoms with Gasteiger partial charge in [0.05, 0.1) is 31.3 Å². The Bertz CT molecular complexity index is 1530. The highest BCUT2D eigenvalue weighted by Crippen LogP contribution is 2.29. The number of amides is 1. The molecular formula is C21H17N3O5S3. The van der Waals surface area contributed by atoms with Crippen LogP contribution in [0.2, 0.25) is 0 Å². The molecule has 32 heavy (non-hydrogen) atoms. The lowest BCUT2D eigenvalue weighted by atomic mass is 10.2. The van der Waals surface area contributed by atoms with Crippen molar-refractivity contribution >= 4 is 58.1 Å². The fourth-order valence-corrected chi connectivity index (χ4v) is 5.65. The number of sulfonamides is 1. The molecule has 0 spiro atoms. The third-order valence-corrected chi connectivity index (χ3v) is 7.90. The number of para-hydroxylation sites is 1. The monoisotopic (exact) mass is 487 g/mol. The number of aromatic nitrogens is 1. The second kappa shape index (κ2) is 8.34. The first-order valence-electron chi connectivity index (χ1n) is 9.22. The van der Waals surface area contributed by atoms with Gasteiger partial charge in [-0.1, -0.05) is 41.7 Å². The van der Waals surface area contributed by atoms with Gasteiger partial charge in [-0.15, -0.1) is 0 Å². The summed E-state index contributed by atoms with van der Waals surface area (Å²) < 4.78 is 51.9. The molecule has 4 aromatic rings. The van der Waals surface area contributed by atoms with Gasteiger partial charge in [0.15, 0.2) is 15.0 Å². The number of hydrogen-bond acceptors (Lipinski definition) is 7. The Morgan fingerprint density at radius 3 is 2.28 bits per heavy atom. The summed E-state index contributed by atoms with van der Waals surface area (Å²) >= 11 is 1.12. The molecule has 164 valence electrons. The topological polar surface area (TPSA) is 122 Å². The molecule has 0 aliphatic heterocycles. The molecule has 0 atom stereocenters. The Morgan fingerprint density at radius 1 is 0.875 bits per heavy atom. The van der Waals surface area contributed by atoms with Crippen LogP contribution < -0.4 is 10.0 Å². The van der Waals surface area contributed by atoms with E-state index in [1.54, 1.807) is 36.4 Å². The van der Waals surface area contributed by atoms with Crippen LogP contribution in [0.25, 0.3) is 10.2 Å². The van der Waals surface area contributed by atoms with Crippen LogP contribution in [0.3, 0.4) is 0 Å². The average molecular weight is 488 g/mol. The molecule has 0 aliphatic rings. The van der Waals surface area contributed by atoms with Crippen LogP contribution >= 0.6 is 11.3 Å². The lowest BCUT2D eigenvalue weighted by Crippen LogP contribution is -2.18. The Morgan fingerprint density at radius 2 is 1.56 bits per heavy atom. The second-order valence-corrected chi connectivity index (χ2v) is 11.6. The molecular weight excluding hydrogens is 470 g/mol. The molecule has 1 amide bonds. The summed E-state index contributed by atoms with van der Waals surface area (Å²) in [5.41, 5.74) is 0.771. The van der Waals surface area contributed by atoms with Crippen molar-refractivity contribution in [2.24, 2.45) is 0 Å². The van der Waals surface area contributed by atoms with Crippen molar-refractivity contribution in [1.29, 1.82) is 0 Å². The molecule has 0 fully saturated rings. The van der Waals surface area contributed by atoms with Gasteiger partial charge >= 0.3 is 0 Å². The molecule has 8 nitrogen and oxygen atoms in total. The summed E-state index contributed by atoms with van der Waals surface area (Å²) in [5.74, 6) is -0.557. The van der Waals surface area contributed by atoms with Crippen LogP contribution in [-0.2, 0) is 19.9 Å². The van der Waals surface area contributed by atoms with Gasteiger partial charge in [0.25, 0.3) is 15.9 Å². The highest BCUT2D eigenvalue weighted by atomic mass is 32.2. The molecule has 0 aliphatic carbocycles. The second-order valence-electron chi connectivity index (χ2n) is 6.84. The van der Waals surface area contributed by atoms with Crippen molar-refractivity contribution in [3.05, 3.63) is 78.4 Å². The van der Waals surface area contributed by atoms with Gasteiger partial charge < -0.3 is 0 Å². The van der Waals surface area contributed by atoms with Crippen molar-refractivity contribution in [3.8, 4) is 0 Å². The van der Waals surface area contributed by atoms with Crippen molar-refractivity contribution in [2.75, 3.05) is 16.3 Å². The fourth-order valence-electron chi connectivity index (χ4n) is 2.93. The molecule has 1 heterocycles. The molecule has 3 aromatic carbocycles. The van der Waals surface area contributed by atoms with Gasteiger partial charge in [0, 0.05) is 6.26 Å². The smallest absolute Gasteiger partial charge is 0.261 e. The highest BCUT2D eigenvalue weighted by Gasteiger charge is 2.19. The number of hydrogen-bond donors (Lipinski definition) is 2. The molecule has 0 unspecified atom stereocenters. The number of sulfone groups is 1. The fraction of sp³-hybridized carbons (Fsp3) is 0.0476. The van der Waals surface area contributed by atoms with E-state index in [9.17, 15) is 21.6 Å². The van der Waals surface area contributed by atoms with Crippen molar-refractivity contribution in [3.63, 3.8) is 0 Å². The standard InChI is InChI=1S/C21H17N3O5S3/c1-31(26,27)15-11-12-18-19(13-15)30-21(22-18)23-20(25)16-9-5-6-10-17(16)24-32(28,29)14-7-3-2-4-8-14/h2-13,24H,1H3,(H,22,23,25). The maximum atomic E-state index is 12.9. The Kier molecular flexibility index (Phi) is 5.71. The van der Waals surface area contributed by atoms with Crippen LogP contribution in [0, 0.1) is 0 Å². The number of fused-ring (bicyclic) bond motifs is 1. The zero-order valence-corrected chi connectivity index (χ0v) is 19.1. The van der Waals surface area contributed by atoms with E-state index < -0.39 is 25.8 Å². The number of nitrogens with one attached hydrogen (secondary N) is 2. The van der Waals surface area contributed by atoms with E-state index >= 15 is 0 Å². The Labute approximate surface area is 188 Å². The van der Waals surface area contributed by atoms with Gasteiger partial charge in [0.2, 0.25) is 0 Å². The van der Waals surface area contributed by atoms with Gasteiger partial charge in [-0.3, -0.25) is 14.8 Å². The SMILES string of the molecule is CS(=O)(=O)c1ccc2nc(NC(=O)c3ccccc3NS(=O)(=O)c3ccccc3)sc2c1. The summed E-state index contributed by atoms with van der Waals surface area (Å²) in [6, 6.07) is 18.6. The number of anilines is 2. The van der Waals surface area contributed by atoms with E-state index in [1.807, 2.05) is 0 Å². The zero-order valence-electron chi connectivity index (χ0n) is 16.6. The summed E-state index contributed by atoms with van der Waals surface area (Å²) in [5, 5.41) is 2.92. The average Bonchev–Trinajstić information content (AvgIpc) is 3.15. The van der Waals surface area contributed by atoms with E-state index in [-0.39, 0.29) is 26.2 Å². The first kappa shape index (κ1) is 21.9. The van der Waals surface area contributed by atoms with E-state index in [1.165, 1.54) is 36.4 Å². The van der Waals surface area contributed by atoms with Crippen LogP contribution in [0.5, 0.6) is 0 Å². The molecule has 2 N–H and O–H groups in total. The number of thiazole rings is 1. The summed E-state index contributed by atoms with van der Waals surface area (Å²) in [4.78, 5) is 17.4. The summed E-state index contributed by atoms with van der Waals surface area (Å²) in [7, 11) is -7.25. The minimum absolute atomic E-state index is 0.0723. The van der Waals surface area contributed by atoms with Crippen molar-refractivity contribution in [1.82, 2.24) is 4.98 Å². The molecule has 0 saturated carbocycles.